The first-order chi connectivity index (χ1) is 12.9. The van der Waals surface area contributed by atoms with Crippen molar-refractivity contribution in [2.24, 2.45) is 0 Å². The number of carbonyl (C=O) groups is 3. The highest BCUT2D eigenvalue weighted by Crippen LogP contribution is 2.34. The summed E-state index contributed by atoms with van der Waals surface area (Å²) in [6, 6.07) is 3.80. The van der Waals surface area contributed by atoms with Gasteiger partial charge in [-0.05, 0) is 26.0 Å². The van der Waals surface area contributed by atoms with E-state index in [4.69, 9.17) is 9.47 Å². The molecule has 1 aromatic heterocycles. The summed E-state index contributed by atoms with van der Waals surface area (Å²) >= 11 is 1.07. The maximum Gasteiger partial charge on any atom is 0.349 e. The number of halogens is 1. The first-order valence-corrected chi connectivity index (χ1v) is 9.13. The van der Waals surface area contributed by atoms with Gasteiger partial charge in [-0.15, -0.1) is 11.3 Å². The first kappa shape index (κ1) is 20.8. The maximum atomic E-state index is 14.1. The number of nitrogens with one attached hydrogen (secondary N) is 2. The summed E-state index contributed by atoms with van der Waals surface area (Å²) in [6.07, 6.45) is 0. The Balaban J connectivity index is 2.08. The Kier molecular flexibility index (Phi) is 7.26. The minimum Gasteiger partial charge on any atom is -0.451 e. The molecule has 27 heavy (non-hydrogen) atoms. The van der Waals surface area contributed by atoms with Crippen LogP contribution in [0.1, 0.15) is 29.1 Å². The van der Waals surface area contributed by atoms with E-state index in [9.17, 15) is 18.8 Å². The molecule has 0 radical (unpaired) electrons. The Morgan fingerprint density at radius 2 is 2.04 bits per heavy atom. The van der Waals surface area contributed by atoms with Crippen LogP contribution < -0.4 is 10.6 Å². The van der Waals surface area contributed by atoms with Crippen molar-refractivity contribution >= 4 is 39.2 Å². The van der Waals surface area contributed by atoms with Gasteiger partial charge in [0.15, 0.2) is 6.61 Å². The standard InChI is InChI=1S/C18H21FN2O5S/c1-4-20-17(23)10(2)21-14(22)9-26-18(24)16-11(8-25-3)15-12(19)6-5-7-13(15)27-16/h5-7,10H,4,8-9H2,1-3H3,(H,20,23)(H,21,22)/t10-/m0/s1. The lowest BCUT2D eigenvalue weighted by Crippen LogP contribution is -2.46. The van der Waals surface area contributed by atoms with Gasteiger partial charge in [0, 0.05) is 29.3 Å². The van der Waals surface area contributed by atoms with E-state index < -0.39 is 30.3 Å². The molecule has 0 bridgehead atoms. The predicted molar refractivity (Wildman–Crippen MR) is 99.1 cm³/mol. The first-order valence-electron chi connectivity index (χ1n) is 8.32. The lowest BCUT2D eigenvalue weighted by Gasteiger charge is -2.13. The number of carbonyl (C=O) groups excluding carboxylic acids is 3. The second kappa shape index (κ2) is 9.43. The fourth-order valence-electron chi connectivity index (χ4n) is 2.49. The molecule has 0 spiro atoms. The Morgan fingerprint density at radius 3 is 2.70 bits per heavy atom. The monoisotopic (exact) mass is 396 g/mol. The summed E-state index contributed by atoms with van der Waals surface area (Å²) in [5.41, 5.74) is 0.386. The van der Waals surface area contributed by atoms with Gasteiger partial charge in [-0.3, -0.25) is 9.59 Å². The SMILES string of the molecule is CCNC(=O)[C@H](C)NC(=O)COC(=O)c1sc2cccc(F)c2c1COC. The van der Waals surface area contributed by atoms with E-state index in [0.717, 1.165) is 11.3 Å². The quantitative estimate of drug-likeness (QED) is 0.666. The average molecular weight is 396 g/mol. The number of esters is 1. The van der Waals surface area contributed by atoms with E-state index in [1.807, 2.05) is 0 Å². The van der Waals surface area contributed by atoms with Crippen molar-refractivity contribution in [2.75, 3.05) is 20.3 Å². The Labute approximate surface area is 159 Å². The highest BCUT2D eigenvalue weighted by atomic mass is 32.1. The average Bonchev–Trinajstić information content (AvgIpc) is 3.00. The second-order valence-corrected chi connectivity index (χ2v) is 6.77. The van der Waals surface area contributed by atoms with Gasteiger partial charge in [0.2, 0.25) is 5.91 Å². The zero-order valence-corrected chi connectivity index (χ0v) is 16.1. The van der Waals surface area contributed by atoms with Gasteiger partial charge in [0.05, 0.1) is 6.61 Å². The van der Waals surface area contributed by atoms with E-state index >= 15 is 0 Å². The van der Waals surface area contributed by atoms with Crippen molar-refractivity contribution < 1.29 is 28.2 Å². The Morgan fingerprint density at radius 1 is 1.30 bits per heavy atom. The molecule has 2 amide bonds. The number of hydrogen-bond donors (Lipinski definition) is 2. The fourth-order valence-corrected chi connectivity index (χ4v) is 3.60. The molecule has 7 nitrogen and oxygen atoms in total. The van der Waals surface area contributed by atoms with Gasteiger partial charge in [0.25, 0.3) is 5.91 Å². The summed E-state index contributed by atoms with van der Waals surface area (Å²) in [7, 11) is 1.44. The van der Waals surface area contributed by atoms with Crippen LogP contribution >= 0.6 is 11.3 Å². The fraction of sp³-hybridized carbons (Fsp3) is 0.389. The summed E-state index contributed by atoms with van der Waals surface area (Å²) in [5.74, 6) is -2.14. The zero-order chi connectivity index (χ0) is 20.0. The highest BCUT2D eigenvalue weighted by molar-refractivity contribution is 7.21. The molecular formula is C18H21FN2O5S. The molecule has 146 valence electrons. The number of ether oxygens (including phenoxy) is 2. The van der Waals surface area contributed by atoms with Crippen molar-refractivity contribution in [1.82, 2.24) is 10.6 Å². The van der Waals surface area contributed by atoms with Crippen molar-refractivity contribution in [2.45, 2.75) is 26.5 Å². The van der Waals surface area contributed by atoms with E-state index in [0.29, 0.717) is 22.2 Å². The third-order valence-electron chi connectivity index (χ3n) is 3.69. The summed E-state index contributed by atoms with van der Waals surface area (Å²) in [5, 5.41) is 5.32. The molecule has 0 aliphatic rings. The van der Waals surface area contributed by atoms with Crippen LogP contribution in [0.5, 0.6) is 0 Å². The van der Waals surface area contributed by atoms with Gasteiger partial charge >= 0.3 is 5.97 Å². The van der Waals surface area contributed by atoms with Crippen LogP contribution in [-0.4, -0.2) is 44.1 Å². The molecule has 0 saturated heterocycles. The second-order valence-electron chi connectivity index (χ2n) is 5.72. The van der Waals surface area contributed by atoms with E-state index in [1.165, 1.54) is 20.1 Å². The summed E-state index contributed by atoms with van der Waals surface area (Å²) < 4.78 is 24.8. The normalized spacial score (nSPS) is 11.9. The van der Waals surface area contributed by atoms with Crippen LogP contribution in [0.4, 0.5) is 4.39 Å². The van der Waals surface area contributed by atoms with Crippen LogP contribution in [0.3, 0.4) is 0 Å². The molecule has 0 fully saturated rings. The van der Waals surface area contributed by atoms with Gasteiger partial charge in [-0.2, -0.15) is 0 Å². The highest BCUT2D eigenvalue weighted by Gasteiger charge is 2.23. The third kappa shape index (κ3) is 5.01. The summed E-state index contributed by atoms with van der Waals surface area (Å²) in [4.78, 5) is 36.1. The van der Waals surface area contributed by atoms with Gasteiger partial charge in [0.1, 0.15) is 16.7 Å². The van der Waals surface area contributed by atoms with Crippen molar-refractivity contribution in [3.05, 3.63) is 34.5 Å². The van der Waals surface area contributed by atoms with Gasteiger partial charge in [-0.25, -0.2) is 9.18 Å². The Bertz CT molecular complexity index is 852. The van der Waals surface area contributed by atoms with E-state index in [2.05, 4.69) is 10.6 Å². The van der Waals surface area contributed by atoms with Gasteiger partial charge < -0.3 is 20.1 Å². The van der Waals surface area contributed by atoms with E-state index in [1.54, 1.807) is 19.1 Å². The maximum absolute atomic E-state index is 14.1. The molecule has 0 aliphatic heterocycles. The largest absolute Gasteiger partial charge is 0.451 e. The summed E-state index contributed by atoms with van der Waals surface area (Å²) in [6.45, 7) is 3.21. The molecule has 0 aliphatic carbocycles. The van der Waals surface area contributed by atoms with Crippen LogP contribution in [0.2, 0.25) is 0 Å². The number of hydrogen-bond acceptors (Lipinski definition) is 6. The third-order valence-corrected chi connectivity index (χ3v) is 4.87. The number of thiophene rings is 1. The predicted octanol–water partition coefficient (Wildman–Crippen LogP) is 1.98. The van der Waals surface area contributed by atoms with Crippen LogP contribution in [0, 0.1) is 5.82 Å². The van der Waals surface area contributed by atoms with Crippen molar-refractivity contribution in [1.29, 1.82) is 0 Å². The molecule has 2 aromatic rings. The number of rotatable bonds is 8. The zero-order valence-electron chi connectivity index (χ0n) is 15.3. The minimum atomic E-state index is -0.751. The number of benzene rings is 1. The van der Waals surface area contributed by atoms with Crippen LogP contribution in [0.25, 0.3) is 10.1 Å². The molecule has 2 rings (SSSR count). The van der Waals surface area contributed by atoms with Crippen molar-refractivity contribution in [3.8, 4) is 0 Å². The molecule has 2 N–H and O–H groups in total. The van der Waals surface area contributed by atoms with Gasteiger partial charge in [-0.1, -0.05) is 6.07 Å². The molecule has 1 aromatic carbocycles. The number of amides is 2. The number of fused-ring (bicyclic) bond motifs is 1. The molecule has 1 heterocycles. The number of methoxy groups -OCH3 is 1. The molecule has 0 saturated carbocycles. The molecule has 0 unspecified atom stereocenters. The van der Waals surface area contributed by atoms with Crippen LogP contribution in [-0.2, 0) is 25.7 Å². The van der Waals surface area contributed by atoms with Crippen molar-refractivity contribution in [3.63, 3.8) is 0 Å². The Hall–Kier alpha value is -2.52. The number of likely N-dealkylation sites (N-methyl/N-ethyl adjacent to an activating group) is 1. The molecule has 1 atom stereocenters. The molecular weight excluding hydrogens is 375 g/mol. The lowest BCUT2D eigenvalue weighted by atomic mass is 10.1. The minimum absolute atomic E-state index is 0.0335. The van der Waals surface area contributed by atoms with Crippen LogP contribution in [0.15, 0.2) is 18.2 Å². The topological polar surface area (TPSA) is 93.7 Å². The lowest BCUT2D eigenvalue weighted by molar-refractivity contribution is -0.130. The molecule has 9 heteroatoms. The van der Waals surface area contributed by atoms with E-state index in [-0.39, 0.29) is 17.4 Å². The smallest absolute Gasteiger partial charge is 0.349 e.